The van der Waals surface area contributed by atoms with E-state index >= 15 is 0 Å². The number of fused-ring (bicyclic) bond motifs is 1. The SMILES string of the molecule is Cc1cc2ncc(C(=O)N3CCN(CC(=O)Nc4ccccc4Cl)CC3)c(C)n2n1. The summed E-state index contributed by atoms with van der Waals surface area (Å²) in [5.74, 6) is -0.183. The number of halogens is 1. The molecule has 1 aliphatic heterocycles. The van der Waals surface area contributed by atoms with Gasteiger partial charge in [0.15, 0.2) is 5.65 Å². The molecule has 3 heterocycles. The minimum atomic E-state index is -0.123. The summed E-state index contributed by atoms with van der Waals surface area (Å²) in [7, 11) is 0. The molecule has 0 bridgehead atoms. The number of aryl methyl sites for hydroxylation is 2. The van der Waals surface area contributed by atoms with Crippen LogP contribution in [0.5, 0.6) is 0 Å². The number of anilines is 1. The molecule has 4 rings (SSSR count). The highest BCUT2D eigenvalue weighted by Crippen LogP contribution is 2.20. The molecular formula is C21H23ClN6O2. The highest BCUT2D eigenvalue weighted by molar-refractivity contribution is 6.33. The Hall–Kier alpha value is -2.97. The van der Waals surface area contributed by atoms with Crippen molar-refractivity contribution in [3.63, 3.8) is 0 Å². The Bertz CT molecular complexity index is 1100. The van der Waals surface area contributed by atoms with Crippen LogP contribution in [-0.2, 0) is 4.79 Å². The summed E-state index contributed by atoms with van der Waals surface area (Å²) in [5.41, 5.74) is 3.52. The summed E-state index contributed by atoms with van der Waals surface area (Å²) >= 11 is 6.09. The van der Waals surface area contributed by atoms with E-state index in [1.54, 1.807) is 27.7 Å². The van der Waals surface area contributed by atoms with Crippen LogP contribution in [0, 0.1) is 13.8 Å². The lowest BCUT2D eigenvalue weighted by atomic mass is 10.2. The van der Waals surface area contributed by atoms with Gasteiger partial charge >= 0.3 is 0 Å². The topological polar surface area (TPSA) is 82.8 Å². The second kappa shape index (κ2) is 8.41. The number of hydrogen-bond donors (Lipinski definition) is 1. The third kappa shape index (κ3) is 4.15. The molecule has 0 aliphatic carbocycles. The lowest BCUT2D eigenvalue weighted by molar-refractivity contribution is -0.117. The normalized spacial score (nSPS) is 14.8. The van der Waals surface area contributed by atoms with Gasteiger partial charge in [-0.2, -0.15) is 5.10 Å². The molecule has 0 spiro atoms. The number of piperazine rings is 1. The molecule has 1 aliphatic rings. The van der Waals surface area contributed by atoms with E-state index in [0.717, 1.165) is 17.0 Å². The smallest absolute Gasteiger partial charge is 0.257 e. The Kier molecular flexibility index (Phi) is 5.69. The number of aromatic nitrogens is 3. The van der Waals surface area contributed by atoms with E-state index in [2.05, 4.69) is 15.4 Å². The molecule has 2 aromatic heterocycles. The van der Waals surface area contributed by atoms with E-state index in [1.165, 1.54) is 0 Å². The second-order valence-electron chi connectivity index (χ2n) is 7.41. The summed E-state index contributed by atoms with van der Waals surface area (Å²) in [6, 6.07) is 9.03. The molecule has 9 heteroatoms. The lowest BCUT2D eigenvalue weighted by Crippen LogP contribution is -2.50. The van der Waals surface area contributed by atoms with Gasteiger partial charge in [0.2, 0.25) is 5.91 Å². The Morgan fingerprint density at radius 3 is 2.60 bits per heavy atom. The van der Waals surface area contributed by atoms with Crippen LogP contribution >= 0.6 is 11.6 Å². The zero-order valence-electron chi connectivity index (χ0n) is 16.9. The van der Waals surface area contributed by atoms with Crippen molar-refractivity contribution in [1.29, 1.82) is 0 Å². The summed E-state index contributed by atoms with van der Waals surface area (Å²) in [6.45, 7) is 6.38. The van der Waals surface area contributed by atoms with Gasteiger partial charge in [0, 0.05) is 38.4 Å². The van der Waals surface area contributed by atoms with E-state index in [0.29, 0.717) is 42.5 Å². The summed E-state index contributed by atoms with van der Waals surface area (Å²) < 4.78 is 1.71. The van der Waals surface area contributed by atoms with Gasteiger partial charge in [0.25, 0.3) is 5.91 Å². The molecule has 0 unspecified atom stereocenters. The van der Waals surface area contributed by atoms with Crippen molar-refractivity contribution in [1.82, 2.24) is 24.4 Å². The molecular weight excluding hydrogens is 404 g/mol. The number of amides is 2. The number of benzene rings is 1. The van der Waals surface area contributed by atoms with E-state index in [1.807, 2.05) is 36.9 Å². The molecule has 0 radical (unpaired) electrons. The summed E-state index contributed by atoms with van der Waals surface area (Å²) in [4.78, 5) is 33.5. The van der Waals surface area contributed by atoms with Crippen LogP contribution in [0.15, 0.2) is 36.5 Å². The molecule has 0 saturated carbocycles. The van der Waals surface area contributed by atoms with Crippen molar-refractivity contribution in [3.8, 4) is 0 Å². The third-order valence-corrected chi connectivity index (χ3v) is 5.58. The zero-order valence-corrected chi connectivity index (χ0v) is 17.7. The average Bonchev–Trinajstić information content (AvgIpc) is 3.11. The van der Waals surface area contributed by atoms with Gasteiger partial charge in [-0.1, -0.05) is 23.7 Å². The van der Waals surface area contributed by atoms with E-state index in [-0.39, 0.29) is 18.4 Å². The van der Waals surface area contributed by atoms with Gasteiger partial charge in [-0.3, -0.25) is 14.5 Å². The number of para-hydroxylation sites is 1. The highest BCUT2D eigenvalue weighted by Gasteiger charge is 2.25. The van der Waals surface area contributed by atoms with Crippen molar-refractivity contribution in [2.75, 3.05) is 38.0 Å². The van der Waals surface area contributed by atoms with Crippen LogP contribution in [-0.4, -0.2) is 68.9 Å². The van der Waals surface area contributed by atoms with Crippen LogP contribution in [0.2, 0.25) is 5.02 Å². The Balaban J connectivity index is 1.35. The Labute approximate surface area is 179 Å². The maximum atomic E-state index is 13.0. The molecule has 1 fully saturated rings. The van der Waals surface area contributed by atoms with Gasteiger partial charge in [0.1, 0.15) is 0 Å². The highest BCUT2D eigenvalue weighted by atomic mass is 35.5. The third-order valence-electron chi connectivity index (χ3n) is 5.25. The quantitative estimate of drug-likeness (QED) is 0.692. The number of nitrogens with one attached hydrogen (secondary N) is 1. The maximum Gasteiger partial charge on any atom is 0.257 e. The zero-order chi connectivity index (χ0) is 21.3. The predicted octanol–water partition coefficient (Wildman–Crippen LogP) is 2.40. The van der Waals surface area contributed by atoms with E-state index < -0.39 is 0 Å². The van der Waals surface area contributed by atoms with Gasteiger partial charge < -0.3 is 10.2 Å². The van der Waals surface area contributed by atoms with E-state index in [4.69, 9.17) is 11.6 Å². The van der Waals surface area contributed by atoms with Crippen LogP contribution in [0.4, 0.5) is 5.69 Å². The fraction of sp³-hybridized carbons (Fsp3) is 0.333. The number of carbonyl (C=O) groups is 2. The lowest BCUT2D eigenvalue weighted by Gasteiger charge is -2.34. The fourth-order valence-electron chi connectivity index (χ4n) is 3.61. The van der Waals surface area contributed by atoms with Crippen LogP contribution < -0.4 is 5.32 Å². The molecule has 1 aromatic carbocycles. The first-order valence-corrected chi connectivity index (χ1v) is 10.2. The van der Waals surface area contributed by atoms with Gasteiger partial charge in [-0.25, -0.2) is 9.50 Å². The van der Waals surface area contributed by atoms with Crippen LogP contribution in [0.1, 0.15) is 21.7 Å². The van der Waals surface area contributed by atoms with E-state index in [9.17, 15) is 9.59 Å². The largest absolute Gasteiger partial charge is 0.336 e. The molecule has 2 amide bonds. The second-order valence-corrected chi connectivity index (χ2v) is 7.82. The maximum absolute atomic E-state index is 13.0. The first kappa shape index (κ1) is 20.3. The van der Waals surface area contributed by atoms with Gasteiger partial charge in [-0.15, -0.1) is 0 Å². The summed E-state index contributed by atoms with van der Waals surface area (Å²) in [5, 5.41) is 7.75. The van der Waals surface area contributed by atoms with Crippen molar-refractivity contribution in [2.45, 2.75) is 13.8 Å². The number of hydrogen-bond acceptors (Lipinski definition) is 5. The number of nitrogens with zero attached hydrogens (tertiary/aromatic N) is 5. The monoisotopic (exact) mass is 426 g/mol. The molecule has 3 aromatic rings. The van der Waals surface area contributed by atoms with Crippen molar-refractivity contribution < 1.29 is 9.59 Å². The van der Waals surface area contributed by atoms with Gasteiger partial charge in [-0.05, 0) is 26.0 Å². The first-order chi connectivity index (χ1) is 14.4. The molecule has 156 valence electrons. The molecule has 1 N–H and O–H groups in total. The molecule has 8 nitrogen and oxygen atoms in total. The number of rotatable bonds is 4. The predicted molar refractivity (Wildman–Crippen MR) is 115 cm³/mol. The van der Waals surface area contributed by atoms with Crippen molar-refractivity contribution in [2.24, 2.45) is 0 Å². The molecule has 1 saturated heterocycles. The standard InChI is InChI=1S/C21H23ClN6O2/c1-14-11-19-23-12-16(15(2)28(19)25-14)21(30)27-9-7-26(8-10-27)13-20(29)24-18-6-4-3-5-17(18)22/h3-6,11-12H,7-10,13H2,1-2H3,(H,24,29). The molecule has 30 heavy (non-hydrogen) atoms. The molecule has 0 atom stereocenters. The van der Waals surface area contributed by atoms with Crippen molar-refractivity contribution in [3.05, 3.63) is 58.5 Å². The van der Waals surface area contributed by atoms with Crippen LogP contribution in [0.25, 0.3) is 5.65 Å². The van der Waals surface area contributed by atoms with Crippen molar-refractivity contribution >= 4 is 34.7 Å². The Morgan fingerprint density at radius 2 is 1.87 bits per heavy atom. The van der Waals surface area contributed by atoms with Gasteiger partial charge in [0.05, 0.1) is 34.2 Å². The minimum absolute atomic E-state index is 0.0600. The van der Waals surface area contributed by atoms with Crippen LogP contribution in [0.3, 0.4) is 0 Å². The minimum Gasteiger partial charge on any atom is -0.336 e. The number of carbonyl (C=O) groups excluding carboxylic acids is 2. The first-order valence-electron chi connectivity index (χ1n) is 9.80. The summed E-state index contributed by atoms with van der Waals surface area (Å²) in [6.07, 6.45) is 1.62. The Morgan fingerprint density at radius 1 is 1.13 bits per heavy atom. The fourth-order valence-corrected chi connectivity index (χ4v) is 3.79. The average molecular weight is 427 g/mol.